The molecule has 1 aromatic heterocycles. The van der Waals surface area contributed by atoms with E-state index in [1.165, 1.54) is 0 Å². The molecule has 2 amide bonds. The Kier molecular flexibility index (Phi) is 5.42. The molecule has 2 N–H and O–H groups in total. The SMILES string of the molecule is Cc1ccc(NC(=O)C2CCCN(C(=O)c3ccc(Cl)cc3)C2)c(=O)[nH]1. The van der Waals surface area contributed by atoms with Gasteiger partial charge in [-0.25, -0.2) is 0 Å². The number of nitrogens with zero attached hydrogens (tertiary/aromatic N) is 1. The molecular formula is C19H20ClN3O3. The molecule has 0 saturated carbocycles. The Hall–Kier alpha value is -2.60. The molecule has 0 aliphatic carbocycles. The average molecular weight is 374 g/mol. The molecule has 136 valence electrons. The Balaban J connectivity index is 1.67. The summed E-state index contributed by atoms with van der Waals surface area (Å²) in [5.41, 5.74) is 1.17. The van der Waals surface area contributed by atoms with Crippen molar-refractivity contribution in [1.82, 2.24) is 9.88 Å². The summed E-state index contributed by atoms with van der Waals surface area (Å²) in [4.78, 5) is 41.4. The van der Waals surface area contributed by atoms with Crippen LogP contribution in [0.3, 0.4) is 0 Å². The third-order valence-electron chi connectivity index (χ3n) is 4.48. The zero-order valence-electron chi connectivity index (χ0n) is 14.4. The van der Waals surface area contributed by atoms with Gasteiger partial charge in [0.25, 0.3) is 11.5 Å². The summed E-state index contributed by atoms with van der Waals surface area (Å²) in [6, 6.07) is 10.0. The zero-order chi connectivity index (χ0) is 18.7. The third-order valence-corrected chi connectivity index (χ3v) is 4.74. The number of nitrogens with one attached hydrogen (secondary N) is 2. The topological polar surface area (TPSA) is 82.3 Å². The van der Waals surface area contributed by atoms with Gasteiger partial charge in [0, 0.05) is 29.4 Å². The first-order valence-electron chi connectivity index (χ1n) is 8.49. The van der Waals surface area contributed by atoms with E-state index in [2.05, 4.69) is 10.3 Å². The van der Waals surface area contributed by atoms with Crippen LogP contribution in [0.15, 0.2) is 41.2 Å². The smallest absolute Gasteiger partial charge is 0.271 e. The van der Waals surface area contributed by atoms with Gasteiger partial charge in [-0.1, -0.05) is 11.6 Å². The minimum atomic E-state index is -0.347. The summed E-state index contributed by atoms with van der Waals surface area (Å²) in [6.45, 7) is 2.71. The Morgan fingerprint density at radius 3 is 2.62 bits per heavy atom. The number of benzene rings is 1. The average Bonchev–Trinajstić information content (AvgIpc) is 2.64. The van der Waals surface area contributed by atoms with Crippen molar-refractivity contribution in [3.05, 3.63) is 63.0 Å². The van der Waals surface area contributed by atoms with E-state index >= 15 is 0 Å². The van der Waals surface area contributed by atoms with Gasteiger partial charge in [-0.05, 0) is 56.2 Å². The molecule has 6 nitrogen and oxygen atoms in total. The van der Waals surface area contributed by atoms with Crippen LogP contribution in [0.2, 0.25) is 5.02 Å². The quantitative estimate of drug-likeness (QED) is 0.867. The second-order valence-electron chi connectivity index (χ2n) is 6.47. The number of aryl methyl sites for hydroxylation is 1. The summed E-state index contributed by atoms with van der Waals surface area (Å²) in [6.07, 6.45) is 1.42. The normalized spacial score (nSPS) is 17.0. The van der Waals surface area contributed by atoms with Crippen molar-refractivity contribution < 1.29 is 9.59 Å². The number of carbonyl (C=O) groups excluding carboxylic acids is 2. The lowest BCUT2D eigenvalue weighted by atomic mass is 9.96. The van der Waals surface area contributed by atoms with Crippen molar-refractivity contribution >= 4 is 29.1 Å². The first-order chi connectivity index (χ1) is 12.4. The van der Waals surface area contributed by atoms with Gasteiger partial charge in [0.2, 0.25) is 5.91 Å². The van der Waals surface area contributed by atoms with E-state index in [9.17, 15) is 14.4 Å². The molecule has 1 aromatic carbocycles. The van der Waals surface area contributed by atoms with Crippen LogP contribution >= 0.6 is 11.6 Å². The molecule has 1 aliphatic heterocycles. The van der Waals surface area contributed by atoms with Crippen molar-refractivity contribution in [1.29, 1.82) is 0 Å². The number of pyridine rings is 1. The third kappa shape index (κ3) is 4.14. The van der Waals surface area contributed by atoms with E-state index in [1.54, 1.807) is 48.2 Å². The molecule has 2 heterocycles. The number of halogens is 1. The van der Waals surface area contributed by atoms with E-state index < -0.39 is 0 Å². The number of hydrogen-bond acceptors (Lipinski definition) is 3. The number of hydrogen-bond donors (Lipinski definition) is 2. The number of carbonyl (C=O) groups is 2. The number of aromatic amines is 1. The number of H-pyrrole nitrogens is 1. The summed E-state index contributed by atoms with van der Waals surface area (Å²) >= 11 is 5.86. The van der Waals surface area contributed by atoms with Crippen LogP contribution in [-0.4, -0.2) is 34.8 Å². The molecule has 1 aliphatic rings. The zero-order valence-corrected chi connectivity index (χ0v) is 15.2. The largest absolute Gasteiger partial charge is 0.338 e. The van der Waals surface area contributed by atoms with E-state index in [-0.39, 0.29) is 29.0 Å². The van der Waals surface area contributed by atoms with E-state index in [4.69, 9.17) is 11.6 Å². The molecular weight excluding hydrogens is 354 g/mol. The van der Waals surface area contributed by atoms with Crippen LogP contribution in [0.5, 0.6) is 0 Å². The van der Waals surface area contributed by atoms with Gasteiger partial charge < -0.3 is 15.2 Å². The molecule has 26 heavy (non-hydrogen) atoms. The fourth-order valence-corrected chi connectivity index (χ4v) is 3.18. The number of rotatable bonds is 3. The molecule has 1 atom stereocenters. The van der Waals surface area contributed by atoms with Gasteiger partial charge >= 0.3 is 0 Å². The molecule has 1 fully saturated rings. The van der Waals surface area contributed by atoms with Crippen LogP contribution in [-0.2, 0) is 4.79 Å². The van der Waals surface area contributed by atoms with Gasteiger partial charge in [0.15, 0.2) is 0 Å². The van der Waals surface area contributed by atoms with Crippen LogP contribution < -0.4 is 10.9 Å². The Labute approximate surface area is 156 Å². The Morgan fingerprint density at radius 1 is 1.19 bits per heavy atom. The van der Waals surface area contributed by atoms with E-state index in [1.807, 2.05) is 0 Å². The van der Waals surface area contributed by atoms with Crippen LogP contribution in [0.4, 0.5) is 5.69 Å². The van der Waals surface area contributed by atoms with Crippen molar-refractivity contribution in [3.8, 4) is 0 Å². The lowest BCUT2D eigenvalue weighted by Crippen LogP contribution is -2.44. The van der Waals surface area contributed by atoms with Crippen molar-refractivity contribution in [3.63, 3.8) is 0 Å². The van der Waals surface area contributed by atoms with Crippen molar-refractivity contribution in [2.75, 3.05) is 18.4 Å². The fourth-order valence-electron chi connectivity index (χ4n) is 3.06. The van der Waals surface area contributed by atoms with Gasteiger partial charge in [0.1, 0.15) is 5.69 Å². The predicted octanol–water partition coefficient (Wildman–Crippen LogP) is 2.83. The second kappa shape index (κ2) is 7.74. The number of piperidine rings is 1. The molecule has 1 saturated heterocycles. The predicted molar refractivity (Wildman–Crippen MR) is 101 cm³/mol. The van der Waals surface area contributed by atoms with Crippen LogP contribution in [0.1, 0.15) is 28.9 Å². The maximum absolute atomic E-state index is 12.6. The minimum absolute atomic E-state index is 0.118. The Morgan fingerprint density at radius 2 is 1.92 bits per heavy atom. The summed E-state index contributed by atoms with van der Waals surface area (Å²) in [5, 5.41) is 3.25. The summed E-state index contributed by atoms with van der Waals surface area (Å²) in [5.74, 6) is -0.707. The van der Waals surface area contributed by atoms with Crippen molar-refractivity contribution in [2.24, 2.45) is 5.92 Å². The number of anilines is 1. The van der Waals surface area contributed by atoms with E-state index in [0.717, 1.165) is 12.1 Å². The highest BCUT2D eigenvalue weighted by Crippen LogP contribution is 2.20. The van der Waals surface area contributed by atoms with Gasteiger partial charge in [0.05, 0.1) is 5.92 Å². The molecule has 1 unspecified atom stereocenters. The molecule has 7 heteroatoms. The number of likely N-dealkylation sites (tertiary alicyclic amines) is 1. The monoisotopic (exact) mass is 373 g/mol. The molecule has 0 radical (unpaired) electrons. The highest BCUT2D eigenvalue weighted by molar-refractivity contribution is 6.30. The number of aromatic nitrogens is 1. The minimum Gasteiger partial charge on any atom is -0.338 e. The lowest BCUT2D eigenvalue weighted by molar-refractivity contribution is -0.121. The summed E-state index contributed by atoms with van der Waals surface area (Å²) in [7, 11) is 0. The van der Waals surface area contributed by atoms with Crippen LogP contribution in [0, 0.1) is 12.8 Å². The van der Waals surface area contributed by atoms with Crippen molar-refractivity contribution in [2.45, 2.75) is 19.8 Å². The standard InChI is InChI=1S/C19H20ClN3O3/c1-12-4-9-16(18(25)21-12)22-17(24)14-3-2-10-23(11-14)19(26)13-5-7-15(20)8-6-13/h4-9,14H,2-3,10-11H2,1H3,(H,21,25)(H,22,24). The van der Waals surface area contributed by atoms with E-state index in [0.29, 0.717) is 30.1 Å². The first kappa shape index (κ1) is 18.2. The maximum Gasteiger partial charge on any atom is 0.271 e. The highest BCUT2D eigenvalue weighted by Gasteiger charge is 2.29. The fraction of sp³-hybridized carbons (Fsp3) is 0.316. The van der Waals surface area contributed by atoms with Gasteiger partial charge in [-0.15, -0.1) is 0 Å². The lowest BCUT2D eigenvalue weighted by Gasteiger charge is -2.32. The Bertz CT molecular complexity index is 876. The van der Waals surface area contributed by atoms with Crippen LogP contribution in [0.25, 0.3) is 0 Å². The molecule has 0 spiro atoms. The molecule has 2 aromatic rings. The molecule has 3 rings (SSSR count). The van der Waals surface area contributed by atoms with Gasteiger partial charge in [-0.2, -0.15) is 0 Å². The first-order valence-corrected chi connectivity index (χ1v) is 8.87. The maximum atomic E-state index is 12.6. The molecule has 0 bridgehead atoms. The highest BCUT2D eigenvalue weighted by atomic mass is 35.5. The number of amides is 2. The van der Waals surface area contributed by atoms with Gasteiger partial charge in [-0.3, -0.25) is 14.4 Å². The second-order valence-corrected chi connectivity index (χ2v) is 6.91. The summed E-state index contributed by atoms with van der Waals surface area (Å²) < 4.78 is 0.